The van der Waals surface area contributed by atoms with E-state index in [1.54, 1.807) is 41.5 Å². The van der Waals surface area contributed by atoms with E-state index in [0.29, 0.717) is 25.7 Å². The fourth-order valence-electron chi connectivity index (χ4n) is 8.40. The average molecular weight is 1130 g/mol. The Morgan fingerprint density at radius 1 is 0.584 bits per heavy atom. The standard InChI is InChI=1S/C48H82N12O15S2/c1-9-23(5)35(44(70)55-29(20-76)40(66)52-27(48(74)75)15-16-33(49)63)56-42(68)31-13-11-17-59(31)46(72)32-14-12-18-60(32)47(73)36(24(6)10-2)57-39(65)28(19-61)53-38(64)25(7)51-45(71)37(26(8)62)58-41(67)30(21-77)54-43(69)34(50)22(3)4/h22-32,34-37,61-62,76-77H,9-21,50H2,1-8H3,(H2,49,63)(H,51,71)(H,52,66)(H,53,64)(H,54,69)(H,55,70)(H,56,68)(H,57,65)(H,58,67)(H,74,75)/t23-,24-,25-,26+,27-,28-,29-,30-,31-,32-,34-,35-,36-,37-/m0/s1. The number of nitrogens with two attached hydrogens (primary N) is 2. The number of aliphatic carboxylic acids is 1. The van der Waals surface area contributed by atoms with E-state index in [9.17, 15) is 72.9 Å². The van der Waals surface area contributed by atoms with Crippen molar-refractivity contribution in [3.8, 4) is 0 Å². The zero-order chi connectivity index (χ0) is 58.6. The Morgan fingerprint density at radius 2 is 1.05 bits per heavy atom. The van der Waals surface area contributed by atoms with Crippen molar-refractivity contribution in [1.82, 2.24) is 52.3 Å². The number of hydrogen-bond donors (Lipinski definition) is 15. The smallest absolute Gasteiger partial charge is 0.326 e. The first kappa shape index (κ1) is 67.3. The van der Waals surface area contributed by atoms with Gasteiger partial charge in [-0.1, -0.05) is 54.4 Å². The number of amides is 11. The number of carboxylic acids is 1. The number of likely N-dealkylation sites (tertiary alicyclic amines) is 2. The van der Waals surface area contributed by atoms with Crippen LogP contribution in [0.25, 0.3) is 0 Å². The van der Waals surface area contributed by atoms with Crippen molar-refractivity contribution in [3.63, 3.8) is 0 Å². The third-order valence-corrected chi connectivity index (χ3v) is 14.5. The predicted octanol–water partition coefficient (Wildman–Crippen LogP) is -4.48. The third kappa shape index (κ3) is 19.6. The molecule has 2 rings (SSSR count). The van der Waals surface area contributed by atoms with E-state index in [-0.39, 0.29) is 56.2 Å². The minimum Gasteiger partial charge on any atom is -0.480 e. The Kier molecular flexibility index (Phi) is 28.2. The Labute approximate surface area is 459 Å². The topological polar surface area (TPSA) is 420 Å². The molecule has 0 unspecified atom stereocenters. The van der Waals surface area contributed by atoms with E-state index in [0.717, 1.165) is 0 Å². The minimum absolute atomic E-state index is 0.110. The average Bonchev–Trinajstić information content (AvgIpc) is 4.09. The molecule has 15 N–H and O–H groups in total. The summed E-state index contributed by atoms with van der Waals surface area (Å²) in [5.74, 6) is -12.0. The zero-order valence-corrected chi connectivity index (χ0v) is 46.8. The first-order valence-electron chi connectivity index (χ1n) is 25.9. The van der Waals surface area contributed by atoms with Crippen molar-refractivity contribution in [2.75, 3.05) is 31.2 Å². The third-order valence-electron chi connectivity index (χ3n) is 13.8. The number of aliphatic hydroxyl groups excluding tert-OH is 2. The van der Waals surface area contributed by atoms with Gasteiger partial charge in [0.25, 0.3) is 0 Å². The van der Waals surface area contributed by atoms with Gasteiger partial charge in [-0.3, -0.25) is 52.7 Å². The predicted molar refractivity (Wildman–Crippen MR) is 285 cm³/mol. The molecule has 0 saturated carbocycles. The van der Waals surface area contributed by atoms with Crippen LogP contribution >= 0.6 is 25.3 Å². The number of thiol groups is 2. The van der Waals surface area contributed by atoms with Crippen LogP contribution in [0.15, 0.2) is 0 Å². The van der Waals surface area contributed by atoms with Gasteiger partial charge in [-0.05, 0) is 63.7 Å². The molecule has 11 amide bonds. The number of carbonyl (C=O) groups is 12. The molecule has 2 fully saturated rings. The van der Waals surface area contributed by atoms with Crippen LogP contribution in [0, 0.1) is 17.8 Å². The number of carbonyl (C=O) groups excluding carboxylic acids is 11. The van der Waals surface area contributed by atoms with Crippen molar-refractivity contribution < 1.29 is 72.9 Å². The maximum absolute atomic E-state index is 14.5. The lowest BCUT2D eigenvalue weighted by molar-refractivity contribution is -0.149. The van der Waals surface area contributed by atoms with E-state index in [1.165, 1.54) is 23.6 Å². The van der Waals surface area contributed by atoms with E-state index in [1.807, 2.05) is 0 Å². The lowest BCUT2D eigenvalue weighted by Gasteiger charge is -2.35. The SMILES string of the molecule is CC[C@H](C)[C@H](NC(=O)[C@@H]1CCCN1C(=O)[C@@H]1CCCN1C(=O)[C@@H](NC(=O)[C@H](CO)NC(=O)[C@H](C)NC(=O)[C@@H](NC(=O)[C@H](CS)NC(=O)[C@@H](N)C(C)C)[C@@H](C)O)[C@@H](C)CC)C(=O)N[C@@H](CS)C(=O)N[C@@H](CCC(N)=O)C(=O)O. The van der Waals surface area contributed by atoms with Gasteiger partial charge in [0, 0.05) is 31.0 Å². The van der Waals surface area contributed by atoms with Crippen molar-refractivity contribution in [2.24, 2.45) is 29.2 Å². The fourth-order valence-corrected chi connectivity index (χ4v) is 8.92. The Balaban J connectivity index is 2.21. The number of hydrogen-bond acceptors (Lipinski definition) is 17. The van der Waals surface area contributed by atoms with Crippen molar-refractivity contribution in [2.45, 2.75) is 179 Å². The summed E-state index contributed by atoms with van der Waals surface area (Å²) in [4.78, 5) is 161. The summed E-state index contributed by atoms with van der Waals surface area (Å²) in [5, 5.41) is 49.8. The van der Waals surface area contributed by atoms with E-state index < -0.39 is 162 Å². The molecule has 27 nitrogen and oxygen atoms in total. The highest BCUT2D eigenvalue weighted by molar-refractivity contribution is 7.80. The molecule has 14 atom stereocenters. The number of nitrogens with zero attached hydrogens (tertiary/aromatic N) is 2. The number of nitrogens with one attached hydrogen (secondary N) is 8. The van der Waals surface area contributed by atoms with Crippen LogP contribution in [-0.2, 0) is 57.5 Å². The zero-order valence-electron chi connectivity index (χ0n) is 45.0. The largest absolute Gasteiger partial charge is 0.480 e. The summed E-state index contributed by atoms with van der Waals surface area (Å²) < 4.78 is 0. The summed E-state index contributed by atoms with van der Waals surface area (Å²) in [7, 11) is 0. The van der Waals surface area contributed by atoms with Crippen LogP contribution in [0.2, 0.25) is 0 Å². The highest BCUT2D eigenvalue weighted by Crippen LogP contribution is 2.27. The Morgan fingerprint density at radius 3 is 1.56 bits per heavy atom. The van der Waals surface area contributed by atoms with Gasteiger partial charge in [0.2, 0.25) is 65.0 Å². The van der Waals surface area contributed by atoms with Gasteiger partial charge in [-0.25, -0.2) is 4.79 Å². The molecule has 0 aromatic heterocycles. The maximum Gasteiger partial charge on any atom is 0.326 e. The lowest BCUT2D eigenvalue weighted by Crippen LogP contribution is -2.62. The molecule has 0 spiro atoms. The quantitative estimate of drug-likeness (QED) is 0.0291. The summed E-state index contributed by atoms with van der Waals surface area (Å²) in [6.07, 6.45) is -0.170. The Hall–Kier alpha value is -5.78. The first-order valence-corrected chi connectivity index (χ1v) is 27.2. The molecule has 2 saturated heterocycles. The van der Waals surface area contributed by atoms with Crippen LogP contribution in [0.4, 0.5) is 0 Å². The van der Waals surface area contributed by atoms with Crippen molar-refractivity contribution in [1.29, 1.82) is 0 Å². The van der Waals surface area contributed by atoms with Crippen LogP contribution in [-0.4, -0.2) is 200 Å². The second-order valence-corrected chi connectivity index (χ2v) is 20.7. The van der Waals surface area contributed by atoms with Crippen LogP contribution in [0.1, 0.15) is 107 Å². The number of rotatable bonds is 31. The van der Waals surface area contributed by atoms with Gasteiger partial charge in [0.05, 0.1) is 18.8 Å². The molecule has 436 valence electrons. The number of aliphatic hydroxyl groups is 2. The number of primary amides is 1. The molecule has 0 bridgehead atoms. The normalized spacial score (nSPS) is 20.0. The summed E-state index contributed by atoms with van der Waals surface area (Å²) in [6, 6.07) is -14.4. The van der Waals surface area contributed by atoms with Gasteiger partial charge in [0.1, 0.15) is 60.4 Å². The molecule has 2 aliphatic rings. The summed E-state index contributed by atoms with van der Waals surface area (Å²) >= 11 is 8.26. The minimum atomic E-state index is -1.66. The molecular formula is C48H82N12O15S2. The van der Waals surface area contributed by atoms with Gasteiger partial charge < -0.3 is 79.1 Å². The maximum atomic E-state index is 14.5. The Bertz CT molecular complexity index is 2120. The molecule has 0 aromatic carbocycles. The molecule has 0 aromatic rings. The lowest BCUT2D eigenvalue weighted by atomic mass is 9.96. The van der Waals surface area contributed by atoms with Crippen LogP contribution in [0.5, 0.6) is 0 Å². The molecule has 77 heavy (non-hydrogen) atoms. The molecule has 0 radical (unpaired) electrons. The second kappa shape index (κ2) is 32.2. The van der Waals surface area contributed by atoms with E-state index in [4.69, 9.17) is 11.5 Å². The first-order chi connectivity index (χ1) is 36.1. The van der Waals surface area contributed by atoms with Gasteiger partial charge in [0.15, 0.2) is 0 Å². The van der Waals surface area contributed by atoms with E-state index >= 15 is 0 Å². The molecule has 2 heterocycles. The highest BCUT2D eigenvalue weighted by atomic mass is 32.1. The second-order valence-electron chi connectivity index (χ2n) is 20.0. The molecule has 0 aliphatic carbocycles. The van der Waals surface area contributed by atoms with E-state index in [2.05, 4.69) is 67.8 Å². The van der Waals surface area contributed by atoms with Crippen LogP contribution < -0.4 is 54.0 Å². The molecule has 2 aliphatic heterocycles. The van der Waals surface area contributed by atoms with Gasteiger partial charge >= 0.3 is 5.97 Å². The summed E-state index contributed by atoms with van der Waals surface area (Å²) in [5.41, 5.74) is 11.0. The highest BCUT2D eigenvalue weighted by Gasteiger charge is 2.46. The van der Waals surface area contributed by atoms with Gasteiger partial charge in [-0.15, -0.1) is 0 Å². The van der Waals surface area contributed by atoms with Crippen LogP contribution in [0.3, 0.4) is 0 Å². The molecule has 29 heteroatoms. The van der Waals surface area contributed by atoms with Gasteiger partial charge in [-0.2, -0.15) is 25.3 Å². The van der Waals surface area contributed by atoms with Crippen molar-refractivity contribution >= 4 is 96.2 Å². The fraction of sp³-hybridized carbons (Fsp3) is 0.750. The molecular weight excluding hydrogens is 1050 g/mol. The van der Waals surface area contributed by atoms with Crippen molar-refractivity contribution in [3.05, 3.63) is 0 Å². The number of carboxylic acid groups (broad SMARTS) is 1. The monoisotopic (exact) mass is 1130 g/mol. The summed E-state index contributed by atoms with van der Waals surface area (Å²) in [6.45, 7) is 12.0.